The van der Waals surface area contributed by atoms with Gasteiger partial charge >= 0.3 is 0 Å². The smallest absolute Gasteiger partial charge is 0.0665 e. The average Bonchev–Trinajstić information content (AvgIpc) is 2.47. The summed E-state index contributed by atoms with van der Waals surface area (Å²) in [6, 6.07) is -0.00296. The number of hydrogen-bond donors (Lipinski definition) is 1. The summed E-state index contributed by atoms with van der Waals surface area (Å²) < 4.78 is 1.06. The molecule has 0 aromatic carbocycles. The summed E-state index contributed by atoms with van der Waals surface area (Å²) in [5, 5.41) is 4.03. The van der Waals surface area contributed by atoms with Crippen LogP contribution in [0.1, 0.15) is 18.9 Å². The number of halogens is 1. The molecule has 1 rings (SSSR count). The van der Waals surface area contributed by atoms with Gasteiger partial charge in [0.2, 0.25) is 0 Å². The van der Waals surface area contributed by atoms with Gasteiger partial charge in [0, 0.05) is 20.8 Å². The summed E-state index contributed by atoms with van der Waals surface area (Å²) >= 11 is 5.04. The van der Waals surface area contributed by atoms with Gasteiger partial charge in [-0.25, -0.2) is 0 Å². The zero-order chi connectivity index (χ0) is 8.97. The first-order valence-corrected chi connectivity index (χ1v) is 5.46. The van der Waals surface area contributed by atoms with Gasteiger partial charge in [-0.15, -0.1) is 11.3 Å². The second-order valence-electron chi connectivity index (χ2n) is 2.42. The van der Waals surface area contributed by atoms with Crippen molar-refractivity contribution in [2.75, 3.05) is 0 Å². The van der Waals surface area contributed by atoms with Gasteiger partial charge in [0.15, 0.2) is 0 Å². The minimum atomic E-state index is -0.00296. The van der Waals surface area contributed by atoms with Crippen LogP contribution < -0.4 is 5.73 Å². The van der Waals surface area contributed by atoms with E-state index in [1.54, 1.807) is 11.3 Å². The molecule has 1 aromatic heterocycles. The summed E-state index contributed by atoms with van der Waals surface area (Å²) in [4.78, 5) is 0. The van der Waals surface area contributed by atoms with Gasteiger partial charge in [-0.05, 0) is 22.4 Å². The Kier molecular flexibility index (Phi) is 3.80. The van der Waals surface area contributed by atoms with Crippen molar-refractivity contribution in [1.82, 2.24) is 0 Å². The molecule has 3 heteroatoms. The molecular weight excluding hydrogens is 234 g/mol. The van der Waals surface area contributed by atoms with Gasteiger partial charge in [-0.2, -0.15) is 0 Å². The zero-order valence-electron chi connectivity index (χ0n) is 6.80. The summed E-state index contributed by atoms with van der Waals surface area (Å²) in [5.74, 6) is 6.01. The molecule has 1 unspecified atom stereocenters. The Hall–Kier alpha value is -0.300. The lowest BCUT2D eigenvalue weighted by molar-refractivity contribution is 0.806. The van der Waals surface area contributed by atoms with E-state index in [0.717, 1.165) is 16.5 Å². The van der Waals surface area contributed by atoms with Crippen LogP contribution in [-0.4, -0.2) is 6.04 Å². The first-order valence-electron chi connectivity index (χ1n) is 3.73. The molecule has 0 fully saturated rings. The fourth-order valence-corrected chi connectivity index (χ4v) is 1.97. The number of hydrogen-bond acceptors (Lipinski definition) is 2. The first-order chi connectivity index (χ1) is 5.74. The van der Waals surface area contributed by atoms with Gasteiger partial charge in [0.1, 0.15) is 0 Å². The van der Waals surface area contributed by atoms with Crippen molar-refractivity contribution in [3.8, 4) is 11.8 Å². The Balaban J connectivity index is 2.72. The van der Waals surface area contributed by atoms with Crippen LogP contribution in [0.2, 0.25) is 0 Å². The van der Waals surface area contributed by atoms with E-state index in [9.17, 15) is 0 Å². The van der Waals surface area contributed by atoms with Crippen molar-refractivity contribution in [3.05, 3.63) is 20.8 Å². The predicted octanol–water partition coefficient (Wildman–Crippen LogP) is 2.60. The summed E-state index contributed by atoms with van der Waals surface area (Å²) in [6.07, 6.45) is 0.898. The molecule has 0 bridgehead atoms. The maximum absolute atomic E-state index is 5.65. The van der Waals surface area contributed by atoms with Gasteiger partial charge in [-0.1, -0.05) is 18.8 Å². The molecule has 0 amide bonds. The molecule has 0 saturated carbocycles. The third-order valence-electron chi connectivity index (χ3n) is 1.45. The lowest BCUT2D eigenvalue weighted by atomic mass is 10.2. The van der Waals surface area contributed by atoms with Crippen molar-refractivity contribution in [3.63, 3.8) is 0 Å². The molecule has 0 spiro atoms. The summed E-state index contributed by atoms with van der Waals surface area (Å²) in [7, 11) is 0. The minimum Gasteiger partial charge on any atom is -0.318 e. The largest absolute Gasteiger partial charge is 0.318 e. The van der Waals surface area contributed by atoms with Crippen LogP contribution in [0.25, 0.3) is 0 Å². The maximum atomic E-state index is 5.65. The predicted molar refractivity (Wildman–Crippen MR) is 57.2 cm³/mol. The highest BCUT2D eigenvalue weighted by Gasteiger charge is 1.96. The van der Waals surface area contributed by atoms with E-state index in [4.69, 9.17) is 5.73 Å². The van der Waals surface area contributed by atoms with Gasteiger partial charge in [0.05, 0.1) is 6.04 Å². The van der Waals surface area contributed by atoms with Crippen molar-refractivity contribution < 1.29 is 0 Å². The molecule has 1 aromatic rings. The third-order valence-corrected chi connectivity index (χ3v) is 3.15. The van der Waals surface area contributed by atoms with Crippen molar-refractivity contribution in [2.24, 2.45) is 5.73 Å². The Morgan fingerprint density at radius 2 is 2.42 bits per heavy atom. The zero-order valence-corrected chi connectivity index (χ0v) is 9.21. The van der Waals surface area contributed by atoms with Crippen LogP contribution in [0.3, 0.4) is 0 Å². The van der Waals surface area contributed by atoms with E-state index in [2.05, 4.69) is 27.8 Å². The number of thiophene rings is 1. The highest BCUT2D eigenvalue weighted by Crippen LogP contribution is 2.19. The number of nitrogens with two attached hydrogens (primary N) is 1. The molecule has 64 valence electrons. The second-order valence-corrected chi connectivity index (χ2v) is 4.02. The van der Waals surface area contributed by atoms with Gasteiger partial charge in [0.25, 0.3) is 0 Å². The molecular formula is C9H10BrNS. The van der Waals surface area contributed by atoms with Crippen LogP contribution in [-0.2, 0) is 0 Å². The van der Waals surface area contributed by atoms with E-state index < -0.39 is 0 Å². The third kappa shape index (κ3) is 2.63. The van der Waals surface area contributed by atoms with E-state index in [-0.39, 0.29) is 6.04 Å². The average molecular weight is 244 g/mol. The van der Waals surface area contributed by atoms with Crippen molar-refractivity contribution >= 4 is 27.3 Å². The molecule has 1 nitrogen and oxygen atoms in total. The molecule has 12 heavy (non-hydrogen) atoms. The normalized spacial score (nSPS) is 11.9. The van der Waals surface area contributed by atoms with Crippen molar-refractivity contribution in [2.45, 2.75) is 19.4 Å². The van der Waals surface area contributed by atoms with Crippen LogP contribution in [0, 0.1) is 11.8 Å². The molecule has 0 aliphatic carbocycles. The topological polar surface area (TPSA) is 26.0 Å². The quantitative estimate of drug-likeness (QED) is 0.755. The number of rotatable bonds is 1. The Morgan fingerprint density at radius 1 is 1.67 bits per heavy atom. The standard InChI is InChI=1S/C9H10BrNS/c1-2-8(11)4-3-7-5-12-6-9(7)10/h5-6,8H,2,11H2,1H3. The van der Waals surface area contributed by atoms with E-state index in [0.29, 0.717) is 0 Å². The lowest BCUT2D eigenvalue weighted by Crippen LogP contribution is -2.15. The van der Waals surface area contributed by atoms with Crippen LogP contribution in [0.15, 0.2) is 15.2 Å². The van der Waals surface area contributed by atoms with Gasteiger partial charge in [-0.3, -0.25) is 0 Å². The molecule has 0 saturated heterocycles. The molecule has 1 heterocycles. The van der Waals surface area contributed by atoms with Crippen molar-refractivity contribution in [1.29, 1.82) is 0 Å². The first kappa shape index (κ1) is 9.79. The molecule has 0 aliphatic heterocycles. The fourth-order valence-electron chi connectivity index (χ4n) is 0.643. The summed E-state index contributed by atoms with van der Waals surface area (Å²) in [6.45, 7) is 2.03. The fraction of sp³-hybridized carbons (Fsp3) is 0.333. The Morgan fingerprint density at radius 3 is 2.92 bits per heavy atom. The minimum absolute atomic E-state index is 0.00296. The monoisotopic (exact) mass is 243 g/mol. The second kappa shape index (κ2) is 4.66. The molecule has 2 N–H and O–H groups in total. The van der Waals surface area contributed by atoms with Crippen LogP contribution in [0.5, 0.6) is 0 Å². The van der Waals surface area contributed by atoms with Crippen LogP contribution in [0.4, 0.5) is 0 Å². The SMILES string of the molecule is CCC(N)C#Cc1cscc1Br. The van der Waals surface area contributed by atoms with Gasteiger partial charge < -0.3 is 5.73 Å². The highest BCUT2D eigenvalue weighted by atomic mass is 79.9. The molecule has 0 aliphatic rings. The van der Waals surface area contributed by atoms with E-state index >= 15 is 0 Å². The Labute approximate surface area is 85.1 Å². The van der Waals surface area contributed by atoms with E-state index in [1.807, 2.05) is 17.7 Å². The maximum Gasteiger partial charge on any atom is 0.0665 e. The lowest BCUT2D eigenvalue weighted by Gasteiger charge is -1.94. The highest BCUT2D eigenvalue weighted by molar-refractivity contribution is 9.10. The Bertz CT molecular complexity index is 308. The molecule has 0 radical (unpaired) electrons. The molecule has 1 atom stereocenters. The van der Waals surface area contributed by atoms with E-state index in [1.165, 1.54) is 0 Å². The van der Waals surface area contributed by atoms with Crippen LogP contribution >= 0.6 is 27.3 Å². The summed E-state index contributed by atoms with van der Waals surface area (Å²) in [5.41, 5.74) is 6.69.